The SMILES string of the molecule is COc1cc(F)cc(CN=C(N)N2CCOCC2)c1. The van der Waals surface area contributed by atoms with Crippen molar-refractivity contribution in [2.45, 2.75) is 6.54 Å². The first-order chi connectivity index (χ1) is 9.19. The number of methoxy groups -OCH3 is 1. The topological polar surface area (TPSA) is 60.1 Å². The zero-order valence-corrected chi connectivity index (χ0v) is 10.9. The van der Waals surface area contributed by atoms with Crippen LogP contribution in [0, 0.1) is 5.82 Å². The average Bonchev–Trinajstić information content (AvgIpc) is 2.45. The number of ether oxygens (including phenoxy) is 2. The van der Waals surface area contributed by atoms with Crippen LogP contribution in [0.4, 0.5) is 4.39 Å². The van der Waals surface area contributed by atoms with Crippen molar-refractivity contribution in [1.82, 2.24) is 4.90 Å². The zero-order chi connectivity index (χ0) is 13.7. The van der Waals surface area contributed by atoms with Crippen molar-refractivity contribution in [3.8, 4) is 5.75 Å². The summed E-state index contributed by atoms with van der Waals surface area (Å²) >= 11 is 0. The van der Waals surface area contributed by atoms with Crippen molar-refractivity contribution in [3.05, 3.63) is 29.6 Å². The number of nitrogens with zero attached hydrogens (tertiary/aromatic N) is 2. The highest BCUT2D eigenvalue weighted by Gasteiger charge is 2.12. The van der Waals surface area contributed by atoms with Gasteiger partial charge in [0.2, 0.25) is 0 Å². The molecule has 0 saturated carbocycles. The average molecular weight is 267 g/mol. The maximum Gasteiger partial charge on any atom is 0.191 e. The van der Waals surface area contributed by atoms with Gasteiger partial charge in [-0.25, -0.2) is 9.38 Å². The van der Waals surface area contributed by atoms with Crippen LogP contribution in [0.2, 0.25) is 0 Å². The number of rotatable bonds is 3. The number of morpholine rings is 1. The van der Waals surface area contributed by atoms with E-state index in [-0.39, 0.29) is 5.82 Å². The minimum absolute atomic E-state index is 0.331. The van der Waals surface area contributed by atoms with Gasteiger partial charge in [-0.15, -0.1) is 0 Å². The molecule has 0 aromatic heterocycles. The van der Waals surface area contributed by atoms with Crippen LogP contribution in [0.1, 0.15) is 5.56 Å². The van der Waals surface area contributed by atoms with Crippen LogP contribution in [0.15, 0.2) is 23.2 Å². The van der Waals surface area contributed by atoms with E-state index in [0.29, 0.717) is 31.5 Å². The smallest absolute Gasteiger partial charge is 0.191 e. The van der Waals surface area contributed by atoms with Gasteiger partial charge in [0.05, 0.1) is 26.9 Å². The van der Waals surface area contributed by atoms with Gasteiger partial charge in [0.25, 0.3) is 0 Å². The Labute approximate surface area is 111 Å². The van der Waals surface area contributed by atoms with Gasteiger partial charge in [-0.05, 0) is 17.7 Å². The first-order valence-corrected chi connectivity index (χ1v) is 6.15. The molecule has 0 atom stereocenters. The van der Waals surface area contributed by atoms with Gasteiger partial charge in [0, 0.05) is 19.2 Å². The van der Waals surface area contributed by atoms with Crippen molar-refractivity contribution < 1.29 is 13.9 Å². The number of benzene rings is 1. The quantitative estimate of drug-likeness (QED) is 0.655. The Balaban J connectivity index is 2.02. The summed E-state index contributed by atoms with van der Waals surface area (Å²) in [5.41, 5.74) is 6.63. The normalized spacial score (nSPS) is 16.5. The van der Waals surface area contributed by atoms with E-state index in [9.17, 15) is 4.39 Å². The number of guanidine groups is 1. The van der Waals surface area contributed by atoms with Gasteiger partial charge in [-0.2, -0.15) is 0 Å². The molecule has 1 heterocycles. The number of hydrogen-bond donors (Lipinski definition) is 1. The molecule has 1 aromatic carbocycles. The molecule has 6 heteroatoms. The molecule has 1 aliphatic heterocycles. The number of hydrogen-bond acceptors (Lipinski definition) is 3. The molecule has 0 aliphatic carbocycles. The summed E-state index contributed by atoms with van der Waals surface area (Å²) in [5.74, 6) is 0.608. The standard InChI is InChI=1S/C13H18FN3O2/c1-18-12-7-10(6-11(14)8-12)9-16-13(15)17-2-4-19-5-3-17/h6-8H,2-5,9H2,1H3,(H2,15,16). The van der Waals surface area contributed by atoms with Crippen molar-refractivity contribution in [2.75, 3.05) is 33.4 Å². The molecule has 0 bridgehead atoms. The summed E-state index contributed by atoms with van der Waals surface area (Å²) in [5, 5.41) is 0. The van der Waals surface area contributed by atoms with Crippen molar-refractivity contribution in [1.29, 1.82) is 0 Å². The Kier molecular flexibility index (Phi) is 4.57. The maximum atomic E-state index is 13.3. The zero-order valence-electron chi connectivity index (χ0n) is 10.9. The molecule has 0 spiro atoms. The van der Waals surface area contributed by atoms with Crippen molar-refractivity contribution in [2.24, 2.45) is 10.7 Å². The van der Waals surface area contributed by atoms with E-state index < -0.39 is 0 Å². The third-order valence-electron chi connectivity index (χ3n) is 2.93. The second kappa shape index (κ2) is 6.38. The monoisotopic (exact) mass is 267 g/mol. The van der Waals surface area contributed by atoms with Crippen LogP contribution in [-0.2, 0) is 11.3 Å². The number of nitrogens with two attached hydrogens (primary N) is 1. The molecule has 1 aliphatic rings. The summed E-state index contributed by atoms with van der Waals surface area (Å²) in [6.45, 7) is 3.12. The summed E-state index contributed by atoms with van der Waals surface area (Å²) in [7, 11) is 1.50. The minimum atomic E-state index is -0.338. The Hall–Kier alpha value is -1.82. The van der Waals surface area contributed by atoms with Gasteiger partial charge >= 0.3 is 0 Å². The van der Waals surface area contributed by atoms with Gasteiger partial charge in [0.15, 0.2) is 5.96 Å². The van der Waals surface area contributed by atoms with Crippen molar-refractivity contribution >= 4 is 5.96 Å². The summed E-state index contributed by atoms with van der Waals surface area (Å²) in [6, 6.07) is 4.51. The molecule has 1 fully saturated rings. The van der Waals surface area contributed by atoms with E-state index in [4.69, 9.17) is 15.2 Å². The Bertz CT molecular complexity index is 459. The summed E-state index contributed by atoms with van der Waals surface area (Å²) in [6.07, 6.45) is 0. The fraction of sp³-hybridized carbons (Fsp3) is 0.462. The second-order valence-electron chi connectivity index (χ2n) is 4.27. The fourth-order valence-corrected chi connectivity index (χ4v) is 1.89. The third-order valence-corrected chi connectivity index (χ3v) is 2.93. The van der Waals surface area contributed by atoms with Crippen LogP contribution >= 0.6 is 0 Å². The maximum absolute atomic E-state index is 13.3. The molecule has 2 rings (SSSR count). The Morgan fingerprint density at radius 3 is 2.84 bits per heavy atom. The first-order valence-electron chi connectivity index (χ1n) is 6.15. The lowest BCUT2D eigenvalue weighted by atomic mass is 10.2. The van der Waals surface area contributed by atoms with E-state index in [2.05, 4.69) is 4.99 Å². The highest BCUT2D eigenvalue weighted by atomic mass is 19.1. The second-order valence-corrected chi connectivity index (χ2v) is 4.27. The molecule has 5 nitrogen and oxygen atoms in total. The molecule has 104 valence electrons. The van der Waals surface area contributed by atoms with E-state index in [1.54, 1.807) is 6.07 Å². The highest BCUT2D eigenvalue weighted by Crippen LogP contribution is 2.16. The fourth-order valence-electron chi connectivity index (χ4n) is 1.89. The highest BCUT2D eigenvalue weighted by molar-refractivity contribution is 5.78. The Morgan fingerprint density at radius 1 is 1.42 bits per heavy atom. The van der Waals surface area contributed by atoms with E-state index in [1.807, 2.05) is 4.90 Å². The summed E-state index contributed by atoms with van der Waals surface area (Å²) in [4.78, 5) is 6.24. The van der Waals surface area contributed by atoms with Gasteiger partial charge < -0.3 is 20.1 Å². The van der Waals surface area contributed by atoms with Gasteiger partial charge in [-0.1, -0.05) is 0 Å². The molecule has 2 N–H and O–H groups in total. The van der Waals surface area contributed by atoms with Crippen LogP contribution in [0.5, 0.6) is 5.75 Å². The van der Waals surface area contributed by atoms with Crippen molar-refractivity contribution in [3.63, 3.8) is 0 Å². The van der Waals surface area contributed by atoms with Crippen LogP contribution < -0.4 is 10.5 Å². The lowest BCUT2D eigenvalue weighted by molar-refractivity contribution is 0.0674. The molecule has 0 unspecified atom stereocenters. The van der Waals surface area contributed by atoms with E-state index >= 15 is 0 Å². The predicted octanol–water partition coefficient (Wildman–Crippen LogP) is 0.981. The molecule has 0 radical (unpaired) electrons. The molecule has 19 heavy (non-hydrogen) atoms. The molecular weight excluding hydrogens is 249 g/mol. The lowest BCUT2D eigenvalue weighted by Crippen LogP contribution is -2.44. The predicted molar refractivity (Wildman–Crippen MR) is 70.7 cm³/mol. The third kappa shape index (κ3) is 3.82. The number of aliphatic imine (C=N–C) groups is 1. The van der Waals surface area contributed by atoms with Gasteiger partial charge in [-0.3, -0.25) is 0 Å². The Morgan fingerprint density at radius 2 is 2.16 bits per heavy atom. The van der Waals surface area contributed by atoms with Crippen LogP contribution in [0.3, 0.4) is 0 Å². The minimum Gasteiger partial charge on any atom is -0.497 e. The molecular formula is C13H18FN3O2. The van der Waals surface area contributed by atoms with Crippen LogP contribution in [0.25, 0.3) is 0 Å². The molecule has 1 aromatic rings. The van der Waals surface area contributed by atoms with Crippen LogP contribution in [-0.4, -0.2) is 44.3 Å². The largest absolute Gasteiger partial charge is 0.497 e. The van der Waals surface area contributed by atoms with E-state index in [1.165, 1.54) is 19.2 Å². The number of halogens is 1. The van der Waals surface area contributed by atoms with E-state index in [0.717, 1.165) is 18.7 Å². The lowest BCUT2D eigenvalue weighted by Gasteiger charge is -2.27. The van der Waals surface area contributed by atoms with Gasteiger partial charge in [0.1, 0.15) is 11.6 Å². The first kappa shape index (κ1) is 13.6. The molecule has 0 amide bonds. The molecule has 1 saturated heterocycles. The summed E-state index contributed by atoms with van der Waals surface area (Å²) < 4.78 is 23.6.